The molecular formula is C23H28N4O3. The molecule has 7 heteroatoms. The van der Waals surface area contributed by atoms with Crippen molar-refractivity contribution in [3.63, 3.8) is 0 Å². The zero-order valence-electron chi connectivity index (χ0n) is 18.3. The predicted octanol–water partition coefficient (Wildman–Crippen LogP) is 4.01. The summed E-state index contributed by atoms with van der Waals surface area (Å²) in [6.45, 7) is 9.69. The van der Waals surface area contributed by atoms with Gasteiger partial charge in [-0.3, -0.25) is 9.59 Å². The molecule has 1 amide bonds. The third-order valence-electron chi connectivity index (χ3n) is 5.12. The summed E-state index contributed by atoms with van der Waals surface area (Å²) in [4.78, 5) is 31.8. The number of hydrogen-bond acceptors (Lipinski definition) is 5. The number of aromatic nitrogens is 3. The van der Waals surface area contributed by atoms with Crippen molar-refractivity contribution in [2.24, 2.45) is 0 Å². The normalized spacial score (nSPS) is 11.3. The second-order valence-corrected chi connectivity index (χ2v) is 7.89. The number of methoxy groups -OCH3 is 1. The van der Waals surface area contributed by atoms with Gasteiger partial charge in [-0.1, -0.05) is 24.3 Å². The fourth-order valence-electron chi connectivity index (χ4n) is 3.42. The molecule has 0 bridgehead atoms. The second-order valence-electron chi connectivity index (χ2n) is 7.89. The molecule has 2 aromatic heterocycles. The molecule has 0 aliphatic rings. The van der Waals surface area contributed by atoms with E-state index in [0.717, 1.165) is 11.1 Å². The van der Waals surface area contributed by atoms with Gasteiger partial charge in [0.25, 0.3) is 5.91 Å². The van der Waals surface area contributed by atoms with E-state index in [1.54, 1.807) is 12.3 Å². The number of pyridine rings is 1. The van der Waals surface area contributed by atoms with E-state index < -0.39 is 5.97 Å². The molecule has 0 spiro atoms. The van der Waals surface area contributed by atoms with Crippen LogP contribution in [0.4, 0.5) is 0 Å². The average Bonchev–Trinajstić information content (AvgIpc) is 3.15. The van der Waals surface area contributed by atoms with Crippen LogP contribution in [-0.2, 0) is 9.53 Å². The maximum absolute atomic E-state index is 13.6. The Morgan fingerprint density at radius 1 is 1.17 bits per heavy atom. The van der Waals surface area contributed by atoms with Crippen LogP contribution in [0.3, 0.4) is 0 Å². The summed E-state index contributed by atoms with van der Waals surface area (Å²) in [5.41, 5.74) is 3.84. The summed E-state index contributed by atoms with van der Waals surface area (Å²) in [6.07, 6.45) is 1.67. The van der Waals surface area contributed by atoms with Crippen LogP contribution in [0.5, 0.6) is 0 Å². The van der Waals surface area contributed by atoms with Crippen molar-refractivity contribution in [3.8, 4) is 11.3 Å². The van der Waals surface area contributed by atoms with Crippen LogP contribution in [0.15, 0.2) is 36.5 Å². The molecule has 1 aromatic carbocycles. The maximum Gasteiger partial charge on any atom is 0.325 e. The Morgan fingerprint density at radius 3 is 2.47 bits per heavy atom. The molecule has 0 saturated carbocycles. The monoisotopic (exact) mass is 408 g/mol. The van der Waals surface area contributed by atoms with Gasteiger partial charge in [-0.2, -0.15) is 5.10 Å². The van der Waals surface area contributed by atoms with Gasteiger partial charge < -0.3 is 9.64 Å². The Balaban J connectivity index is 2.23. The molecule has 7 nitrogen and oxygen atoms in total. The van der Waals surface area contributed by atoms with Gasteiger partial charge in [0, 0.05) is 17.6 Å². The number of rotatable bonds is 6. The van der Waals surface area contributed by atoms with Crippen LogP contribution in [-0.4, -0.2) is 51.2 Å². The Morgan fingerprint density at radius 2 is 1.87 bits per heavy atom. The van der Waals surface area contributed by atoms with E-state index in [9.17, 15) is 9.59 Å². The molecule has 0 radical (unpaired) electrons. The fraction of sp³-hybridized carbons (Fsp3) is 0.391. The van der Waals surface area contributed by atoms with Gasteiger partial charge in [0.15, 0.2) is 5.65 Å². The molecule has 0 saturated heterocycles. The minimum absolute atomic E-state index is 0.0846. The first-order valence-electron chi connectivity index (χ1n) is 10.1. The lowest BCUT2D eigenvalue weighted by atomic mass is 10.0. The third-order valence-corrected chi connectivity index (χ3v) is 5.12. The number of ether oxygens (including phenoxy) is 1. The molecule has 0 unspecified atom stereocenters. The SMILES string of the molecule is COC(=O)CN(C(=O)c1cc(-c2ccccc2C)nc2c1cnn2C(C)C)C(C)C. The molecule has 3 aromatic rings. The van der Waals surface area contributed by atoms with E-state index >= 15 is 0 Å². The van der Waals surface area contributed by atoms with Crippen LogP contribution in [0.25, 0.3) is 22.3 Å². The number of fused-ring (bicyclic) bond motifs is 1. The topological polar surface area (TPSA) is 77.3 Å². The minimum Gasteiger partial charge on any atom is -0.468 e. The molecule has 3 rings (SSSR count). The average molecular weight is 409 g/mol. The van der Waals surface area contributed by atoms with Crippen molar-refractivity contribution >= 4 is 22.9 Å². The summed E-state index contributed by atoms with van der Waals surface area (Å²) in [5.74, 6) is -0.708. The quantitative estimate of drug-likeness (QED) is 0.576. The highest BCUT2D eigenvalue weighted by molar-refractivity contribution is 6.07. The highest BCUT2D eigenvalue weighted by Gasteiger charge is 2.26. The van der Waals surface area contributed by atoms with Gasteiger partial charge in [0.05, 0.1) is 30.0 Å². The van der Waals surface area contributed by atoms with Crippen molar-refractivity contribution in [2.75, 3.05) is 13.7 Å². The summed E-state index contributed by atoms with van der Waals surface area (Å²) in [6, 6.07) is 9.63. The molecule has 0 fully saturated rings. The number of nitrogens with zero attached hydrogens (tertiary/aromatic N) is 4. The number of carbonyl (C=O) groups is 2. The molecule has 0 aliphatic carbocycles. The summed E-state index contributed by atoms with van der Waals surface area (Å²) in [7, 11) is 1.32. The Bertz CT molecular complexity index is 1090. The lowest BCUT2D eigenvalue weighted by Crippen LogP contribution is -2.41. The molecule has 0 aliphatic heterocycles. The third kappa shape index (κ3) is 4.06. The molecule has 158 valence electrons. The lowest BCUT2D eigenvalue weighted by molar-refractivity contribution is -0.141. The Hall–Kier alpha value is -3.22. The maximum atomic E-state index is 13.6. The number of aryl methyl sites for hydroxylation is 1. The lowest BCUT2D eigenvalue weighted by Gasteiger charge is -2.26. The van der Waals surface area contributed by atoms with E-state index in [1.807, 2.05) is 63.6 Å². The van der Waals surface area contributed by atoms with Gasteiger partial charge in [-0.15, -0.1) is 0 Å². The van der Waals surface area contributed by atoms with Gasteiger partial charge in [-0.25, -0.2) is 9.67 Å². The van der Waals surface area contributed by atoms with Gasteiger partial charge in [0.2, 0.25) is 0 Å². The number of carbonyl (C=O) groups excluding carboxylic acids is 2. The van der Waals surface area contributed by atoms with Crippen LogP contribution in [0.2, 0.25) is 0 Å². The van der Waals surface area contributed by atoms with Crippen LogP contribution >= 0.6 is 0 Å². The van der Waals surface area contributed by atoms with Gasteiger partial charge >= 0.3 is 5.97 Å². The zero-order chi connectivity index (χ0) is 22.0. The minimum atomic E-state index is -0.459. The first kappa shape index (κ1) is 21.5. The fourth-order valence-corrected chi connectivity index (χ4v) is 3.42. The van der Waals surface area contributed by atoms with E-state index in [2.05, 4.69) is 5.10 Å². The highest BCUT2D eigenvalue weighted by Crippen LogP contribution is 2.29. The number of hydrogen-bond donors (Lipinski definition) is 0. The second kappa shape index (κ2) is 8.65. The van der Waals surface area contributed by atoms with Crippen LogP contribution in [0.1, 0.15) is 49.7 Å². The first-order valence-corrected chi connectivity index (χ1v) is 10.1. The smallest absolute Gasteiger partial charge is 0.325 e. The number of esters is 1. The molecule has 2 heterocycles. The Labute approximate surface area is 176 Å². The van der Waals surface area contributed by atoms with Crippen LogP contribution < -0.4 is 0 Å². The van der Waals surface area contributed by atoms with Crippen molar-refractivity contribution in [3.05, 3.63) is 47.7 Å². The van der Waals surface area contributed by atoms with Crippen molar-refractivity contribution in [1.29, 1.82) is 0 Å². The highest BCUT2D eigenvalue weighted by atomic mass is 16.5. The molecule has 30 heavy (non-hydrogen) atoms. The molecular weight excluding hydrogens is 380 g/mol. The van der Waals surface area contributed by atoms with E-state index in [4.69, 9.17) is 9.72 Å². The van der Waals surface area contributed by atoms with Gasteiger partial charge in [0.1, 0.15) is 6.54 Å². The van der Waals surface area contributed by atoms with Crippen LogP contribution in [0, 0.1) is 6.92 Å². The summed E-state index contributed by atoms with van der Waals surface area (Å²) < 4.78 is 6.60. The van der Waals surface area contributed by atoms with Crippen molar-refractivity contribution in [1.82, 2.24) is 19.7 Å². The molecule has 0 N–H and O–H groups in total. The summed E-state index contributed by atoms with van der Waals surface area (Å²) >= 11 is 0. The van der Waals surface area contributed by atoms with Gasteiger partial charge in [-0.05, 0) is 46.2 Å². The van der Waals surface area contributed by atoms with Crippen molar-refractivity contribution < 1.29 is 14.3 Å². The predicted molar refractivity (Wildman–Crippen MR) is 116 cm³/mol. The molecule has 0 atom stereocenters. The van der Waals surface area contributed by atoms with E-state index in [1.165, 1.54) is 12.0 Å². The van der Waals surface area contributed by atoms with E-state index in [0.29, 0.717) is 22.3 Å². The number of amides is 1. The van der Waals surface area contributed by atoms with Crippen molar-refractivity contribution in [2.45, 2.75) is 46.7 Å². The Kier molecular flexibility index (Phi) is 6.20. The summed E-state index contributed by atoms with van der Waals surface area (Å²) in [5, 5.41) is 5.14. The standard InChI is InChI=1S/C23H28N4O3/c1-14(2)26(13-21(28)30-6)23(29)18-11-20(17-10-8-7-9-16(17)5)25-22-19(18)12-24-27(22)15(3)4/h7-12,14-15H,13H2,1-6H3. The largest absolute Gasteiger partial charge is 0.468 e. The number of benzene rings is 1. The first-order chi connectivity index (χ1) is 14.2. The zero-order valence-corrected chi connectivity index (χ0v) is 18.3. The van der Waals surface area contributed by atoms with E-state index in [-0.39, 0.29) is 24.5 Å².